The summed E-state index contributed by atoms with van der Waals surface area (Å²) in [5.74, 6) is -1.45. The Morgan fingerprint density at radius 1 is 0.861 bits per heavy atom. The highest BCUT2D eigenvalue weighted by Crippen LogP contribution is 2.32. The minimum atomic E-state index is -1.01. The summed E-state index contributed by atoms with van der Waals surface area (Å²) in [6, 6.07) is 30.1. The van der Waals surface area contributed by atoms with Gasteiger partial charge in [0.15, 0.2) is 5.92 Å². The maximum Gasteiger partial charge on any atom is 0.320 e. The SMILES string of the molecule is COC(=O)[C@H]1C(=O)NC(N2CCN(C(c3ccccc3)c3ccccc3)CC2)=N[C@@H]1c1ccccc1. The van der Waals surface area contributed by atoms with Gasteiger partial charge in [-0.15, -0.1) is 0 Å². The van der Waals surface area contributed by atoms with Gasteiger partial charge in [-0.3, -0.25) is 19.8 Å². The third kappa shape index (κ3) is 4.88. The standard InChI is InChI=1S/C29H30N4O3/c1-36-28(35)24-25(21-11-5-2-6-12-21)30-29(31-27(24)34)33-19-17-32(18-20-33)26(22-13-7-3-8-14-22)23-15-9-4-10-16-23/h2-16,24-26H,17-20H2,1H3,(H,30,31,34)/t24-,25-/m1/s1. The van der Waals surface area contributed by atoms with Crippen LogP contribution < -0.4 is 5.32 Å². The van der Waals surface area contributed by atoms with Crippen LogP contribution in [-0.4, -0.2) is 60.9 Å². The highest BCUT2D eigenvalue weighted by Gasteiger charge is 2.42. The molecule has 0 saturated carbocycles. The molecule has 1 N–H and O–H groups in total. The van der Waals surface area contributed by atoms with Crippen LogP contribution in [0.5, 0.6) is 0 Å². The number of piperazine rings is 1. The van der Waals surface area contributed by atoms with Crippen molar-refractivity contribution < 1.29 is 14.3 Å². The van der Waals surface area contributed by atoms with Crippen molar-refractivity contribution in [2.45, 2.75) is 12.1 Å². The Morgan fingerprint density at radius 3 is 1.92 bits per heavy atom. The normalized spacial score (nSPS) is 20.6. The van der Waals surface area contributed by atoms with E-state index in [4.69, 9.17) is 9.73 Å². The van der Waals surface area contributed by atoms with E-state index in [0.717, 1.165) is 18.7 Å². The lowest BCUT2D eigenvalue weighted by Crippen LogP contribution is -2.57. The lowest BCUT2D eigenvalue weighted by Gasteiger charge is -2.42. The predicted octanol–water partition coefficient (Wildman–Crippen LogP) is 3.41. The quantitative estimate of drug-likeness (QED) is 0.446. The van der Waals surface area contributed by atoms with E-state index in [-0.39, 0.29) is 11.9 Å². The summed E-state index contributed by atoms with van der Waals surface area (Å²) in [7, 11) is 1.30. The fourth-order valence-corrected chi connectivity index (χ4v) is 5.09. The fourth-order valence-electron chi connectivity index (χ4n) is 5.09. The first-order valence-corrected chi connectivity index (χ1v) is 12.3. The molecule has 2 aliphatic heterocycles. The number of carbonyl (C=O) groups excluding carboxylic acids is 2. The summed E-state index contributed by atoms with van der Waals surface area (Å²) in [5, 5.41) is 2.88. The van der Waals surface area contributed by atoms with E-state index in [1.807, 2.05) is 42.5 Å². The average Bonchev–Trinajstić information content (AvgIpc) is 2.94. The van der Waals surface area contributed by atoms with E-state index in [1.165, 1.54) is 18.2 Å². The smallest absolute Gasteiger partial charge is 0.320 e. The van der Waals surface area contributed by atoms with Gasteiger partial charge in [-0.1, -0.05) is 91.0 Å². The van der Waals surface area contributed by atoms with E-state index in [9.17, 15) is 9.59 Å². The van der Waals surface area contributed by atoms with Gasteiger partial charge in [-0.05, 0) is 16.7 Å². The summed E-state index contributed by atoms with van der Waals surface area (Å²) in [4.78, 5) is 34.9. The largest absolute Gasteiger partial charge is 0.468 e. The van der Waals surface area contributed by atoms with Gasteiger partial charge < -0.3 is 9.64 Å². The lowest BCUT2D eigenvalue weighted by atomic mass is 9.91. The molecule has 184 valence electrons. The monoisotopic (exact) mass is 482 g/mol. The van der Waals surface area contributed by atoms with E-state index in [0.29, 0.717) is 19.0 Å². The molecule has 7 nitrogen and oxygen atoms in total. The van der Waals surface area contributed by atoms with Crippen LogP contribution in [0.25, 0.3) is 0 Å². The Balaban J connectivity index is 1.37. The van der Waals surface area contributed by atoms with E-state index in [2.05, 4.69) is 63.6 Å². The molecule has 3 aromatic rings. The molecule has 2 aliphatic rings. The minimum absolute atomic E-state index is 0.151. The number of rotatable bonds is 5. The van der Waals surface area contributed by atoms with Crippen LogP contribution in [0.3, 0.4) is 0 Å². The van der Waals surface area contributed by atoms with Crippen molar-refractivity contribution in [1.29, 1.82) is 0 Å². The van der Waals surface area contributed by atoms with Gasteiger partial charge in [0, 0.05) is 26.2 Å². The summed E-state index contributed by atoms with van der Waals surface area (Å²) < 4.78 is 4.93. The summed E-state index contributed by atoms with van der Waals surface area (Å²) in [6.07, 6.45) is 0. The summed E-state index contributed by atoms with van der Waals surface area (Å²) in [5.41, 5.74) is 3.32. The van der Waals surface area contributed by atoms with Crippen molar-refractivity contribution in [1.82, 2.24) is 15.1 Å². The number of hydrogen-bond acceptors (Lipinski definition) is 6. The third-order valence-corrected chi connectivity index (χ3v) is 6.90. The number of carbonyl (C=O) groups is 2. The van der Waals surface area contributed by atoms with Crippen LogP contribution in [0.1, 0.15) is 28.8 Å². The molecule has 2 atom stereocenters. The third-order valence-electron chi connectivity index (χ3n) is 6.90. The van der Waals surface area contributed by atoms with Crippen LogP contribution in [0.2, 0.25) is 0 Å². The van der Waals surface area contributed by atoms with Crippen molar-refractivity contribution in [2.75, 3.05) is 33.3 Å². The maximum atomic E-state index is 13.0. The number of guanidine groups is 1. The zero-order valence-corrected chi connectivity index (χ0v) is 20.3. The van der Waals surface area contributed by atoms with Gasteiger partial charge in [-0.2, -0.15) is 0 Å². The molecule has 0 aromatic heterocycles. The maximum absolute atomic E-state index is 13.0. The van der Waals surface area contributed by atoms with Gasteiger partial charge >= 0.3 is 5.97 Å². The molecule has 1 fully saturated rings. The van der Waals surface area contributed by atoms with Crippen molar-refractivity contribution in [2.24, 2.45) is 10.9 Å². The molecule has 0 bridgehead atoms. The Labute approximate surface area is 211 Å². The van der Waals surface area contributed by atoms with Crippen molar-refractivity contribution in [3.63, 3.8) is 0 Å². The topological polar surface area (TPSA) is 74.2 Å². The van der Waals surface area contributed by atoms with E-state index < -0.39 is 17.9 Å². The first-order chi connectivity index (χ1) is 17.7. The first kappa shape index (κ1) is 23.8. The lowest BCUT2D eigenvalue weighted by molar-refractivity contribution is -0.151. The van der Waals surface area contributed by atoms with Gasteiger partial charge in [0.1, 0.15) is 6.04 Å². The molecule has 3 aromatic carbocycles. The Morgan fingerprint density at radius 2 is 1.39 bits per heavy atom. The second kappa shape index (κ2) is 10.7. The Hall–Kier alpha value is -3.97. The Kier molecular flexibility index (Phi) is 7.09. The van der Waals surface area contributed by atoms with Gasteiger partial charge in [-0.25, -0.2) is 4.99 Å². The zero-order chi connectivity index (χ0) is 24.9. The van der Waals surface area contributed by atoms with Crippen LogP contribution in [0.15, 0.2) is 96.0 Å². The van der Waals surface area contributed by atoms with Crippen LogP contribution in [0, 0.1) is 5.92 Å². The second-order valence-electron chi connectivity index (χ2n) is 9.05. The number of esters is 1. The number of aliphatic imine (C=N–C) groups is 1. The number of nitrogens with one attached hydrogen (secondary N) is 1. The summed E-state index contributed by atoms with van der Waals surface area (Å²) >= 11 is 0. The van der Waals surface area contributed by atoms with Crippen molar-refractivity contribution in [3.8, 4) is 0 Å². The highest BCUT2D eigenvalue weighted by molar-refractivity contribution is 6.08. The van der Waals surface area contributed by atoms with Gasteiger partial charge in [0.25, 0.3) is 0 Å². The summed E-state index contributed by atoms with van der Waals surface area (Å²) in [6.45, 7) is 3.03. The second-order valence-corrected chi connectivity index (χ2v) is 9.05. The fraction of sp³-hybridized carbons (Fsp3) is 0.276. The number of methoxy groups -OCH3 is 1. The van der Waals surface area contributed by atoms with Gasteiger partial charge in [0.05, 0.1) is 13.2 Å². The zero-order valence-electron chi connectivity index (χ0n) is 20.3. The number of hydrogen-bond donors (Lipinski definition) is 1. The van der Waals surface area contributed by atoms with E-state index in [1.54, 1.807) is 0 Å². The molecule has 0 aliphatic carbocycles. The molecule has 0 unspecified atom stereocenters. The molecule has 0 spiro atoms. The number of ether oxygens (including phenoxy) is 1. The molecule has 7 heteroatoms. The van der Waals surface area contributed by atoms with Crippen LogP contribution in [0.4, 0.5) is 0 Å². The molecule has 0 radical (unpaired) electrons. The first-order valence-electron chi connectivity index (χ1n) is 12.3. The molecule has 5 rings (SSSR count). The number of amides is 1. The van der Waals surface area contributed by atoms with E-state index >= 15 is 0 Å². The van der Waals surface area contributed by atoms with Crippen molar-refractivity contribution in [3.05, 3.63) is 108 Å². The molecule has 2 heterocycles. The Bertz CT molecular complexity index is 1170. The molecule has 36 heavy (non-hydrogen) atoms. The minimum Gasteiger partial charge on any atom is -0.468 e. The highest BCUT2D eigenvalue weighted by atomic mass is 16.5. The average molecular weight is 483 g/mol. The number of nitrogens with zero attached hydrogens (tertiary/aromatic N) is 3. The van der Waals surface area contributed by atoms with Gasteiger partial charge in [0.2, 0.25) is 11.9 Å². The van der Waals surface area contributed by atoms with Crippen LogP contribution in [-0.2, 0) is 14.3 Å². The molecular formula is C29H30N4O3. The molecular weight excluding hydrogens is 452 g/mol. The predicted molar refractivity (Wildman–Crippen MR) is 138 cm³/mol. The van der Waals surface area contributed by atoms with Crippen molar-refractivity contribution >= 4 is 17.8 Å². The molecule has 1 amide bonds. The van der Waals surface area contributed by atoms with Crippen LogP contribution >= 0.6 is 0 Å². The number of benzene rings is 3. The molecule has 1 saturated heterocycles.